The molecule has 1 N–H and O–H groups in total. The van der Waals surface area contributed by atoms with Gasteiger partial charge in [0.1, 0.15) is 0 Å². The normalized spacial score (nSPS) is 18.3. The van der Waals surface area contributed by atoms with E-state index in [4.69, 9.17) is 4.74 Å². The third-order valence-corrected chi connectivity index (χ3v) is 6.23. The fourth-order valence-electron chi connectivity index (χ4n) is 4.24. The molecule has 2 aromatic carbocycles. The second kappa shape index (κ2) is 7.29. The van der Waals surface area contributed by atoms with Crippen molar-refractivity contribution < 1.29 is 14.3 Å². The highest BCUT2D eigenvalue weighted by atomic mass is 16.5. The van der Waals surface area contributed by atoms with Crippen molar-refractivity contribution in [3.8, 4) is 11.1 Å². The molecule has 2 saturated heterocycles. The van der Waals surface area contributed by atoms with Crippen molar-refractivity contribution in [1.29, 1.82) is 0 Å². The summed E-state index contributed by atoms with van der Waals surface area (Å²) in [4.78, 5) is 32.5. The molecule has 3 aromatic rings. The van der Waals surface area contributed by atoms with Gasteiger partial charge in [-0.2, -0.15) is 0 Å². The van der Waals surface area contributed by atoms with Gasteiger partial charge in [-0.15, -0.1) is 0 Å². The van der Waals surface area contributed by atoms with E-state index in [2.05, 4.69) is 29.2 Å². The number of rotatable bonds is 3. The Morgan fingerprint density at radius 3 is 2.23 bits per heavy atom. The maximum atomic E-state index is 12.9. The average molecular weight is 403 g/mol. The monoisotopic (exact) mass is 403 g/mol. The third kappa shape index (κ3) is 3.27. The van der Waals surface area contributed by atoms with Gasteiger partial charge in [0.25, 0.3) is 5.91 Å². The van der Waals surface area contributed by atoms with E-state index < -0.39 is 0 Å². The maximum absolute atomic E-state index is 12.9. The van der Waals surface area contributed by atoms with Crippen LogP contribution in [0.2, 0.25) is 0 Å². The van der Waals surface area contributed by atoms with Crippen LogP contribution in [0, 0.1) is 5.41 Å². The number of carbonyl (C=O) groups is 2. The standard InChI is InChI=1S/C24H25N3O3/c1-24(15-30-16-24)23(29)27-12-10-26(11-13-27)22(28)19-5-2-17(3-6-19)20-7-4-18-8-9-25-21(18)14-20/h2-9,14,25H,10-13,15-16H2,1H3. The quantitative estimate of drug-likeness (QED) is 0.731. The second-order valence-corrected chi connectivity index (χ2v) is 8.49. The first-order valence-electron chi connectivity index (χ1n) is 10.4. The fourth-order valence-corrected chi connectivity index (χ4v) is 4.24. The molecule has 2 amide bonds. The highest BCUT2D eigenvalue weighted by Crippen LogP contribution is 2.29. The Hall–Kier alpha value is -3.12. The van der Waals surface area contributed by atoms with Crippen LogP contribution in [0.4, 0.5) is 0 Å². The lowest BCUT2D eigenvalue weighted by molar-refractivity contribution is -0.170. The Labute approximate surface area is 175 Å². The predicted molar refractivity (Wildman–Crippen MR) is 115 cm³/mol. The zero-order valence-corrected chi connectivity index (χ0v) is 17.1. The first-order chi connectivity index (χ1) is 14.5. The zero-order valence-electron chi connectivity index (χ0n) is 17.1. The second-order valence-electron chi connectivity index (χ2n) is 8.49. The Morgan fingerprint density at radius 2 is 1.57 bits per heavy atom. The average Bonchev–Trinajstić information content (AvgIpc) is 3.24. The van der Waals surface area contributed by atoms with Gasteiger partial charge in [-0.25, -0.2) is 0 Å². The van der Waals surface area contributed by atoms with Crippen molar-refractivity contribution >= 4 is 22.7 Å². The Kier molecular flexibility index (Phi) is 4.59. The molecule has 0 aliphatic carbocycles. The lowest BCUT2D eigenvalue weighted by Gasteiger charge is -2.43. The van der Waals surface area contributed by atoms with Gasteiger partial charge in [0.05, 0.1) is 18.6 Å². The van der Waals surface area contributed by atoms with E-state index in [1.165, 1.54) is 5.39 Å². The number of hydrogen-bond acceptors (Lipinski definition) is 3. The SMILES string of the molecule is CC1(C(=O)N2CCN(C(=O)c3ccc(-c4ccc5cc[nH]c5c4)cc3)CC2)COC1. The minimum Gasteiger partial charge on any atom is -0.379 e. The maximum Gasteiger partial charge on any atom is 0.253 e. The first-order valence-corrected chi connectivity index (χ1v) is 10.4. The number of nitrogens with one attached hydrogen (secondary N) is 1. The van der Waals surface area contributed by atoms with E-state index in [1.807, 2.05) is 47.2 Å². The van der Waals surface area contributed by atoms with Gasteiger partial charge in [0.15, 0.2) is 0 Å². The molecule has 1 aromatic heterocycles. The van der Waals surface area contributed by atoms with Gasteiger partial charge < -0.3 is 19.5 Å². The van der Waals surface area contributed by atoms with Gasteiger partial charge in [-0.3, -0.25) is 9.59 Å². The number of benzene rings is 2. The van der Waals surface area contributed by atoms with Crippen LogP contribution in [-0.4, -0.2) is 66.0 Å². The number of fused-ring (bicyclic) bond motifs is 1. The van der Waals surface area contributed by atoms with Gasteiger partial charge in [-0.1, -0.05) is 24.3 Å². The van der Waals surface area contributed by atoms with Crippen LogP contribution in [0.1, 0.15) is 17.3 Å². The van der Waals surface area contributed by atoms with Crippen molar-refractivity contribution in [3.63, 3.8) is 0 Å². The Balaban J connectivity index is 1.24. The molecule has 0 atom stereocenters. The molecule has 0 saturated carbocycles. The summed E-state index contributed by atoms with van der Waals surface area (Å²) in [5.74, 6) is 0.163. The fraction of sp³-hybridized carbons (Fsp3) is 0.333. The van der Waals surface area contributed by atoms with Crippen LogP contribution < -0.4 is 0 Å². The summed E-state index contributed by atoms with van der Waals surface area (Å²) in [5.41, 5.74) is 3.59. The summed E-state index contributed by atoms with van der Waals surface area (Å²) < 4.78 is 5.21. The number of aromatic nitrogens is 1. The third-order valence-electron chi connectivity index (χ3n) is 6.23. The summed E-state index contributed by atoms with van der Waals surface area (Å²) in [6, 6.07) is 16.1. The molecule has 6 heteroatoms. The van der Waals surface area contributed by atoms with Crippen LogP contribution >= 0.6 is 0 Å². The number of H-pyrrole nitrogens is 1. The minimum atomic E-state index is -0.384. The highest BCUT2D eigenvalue weighted by Gasteiger charge is 2.44. The van der Waals surface area contributed by atoms with Gasteiger partial charge in [-0.05, 0) is 47.7 Å². The molecule has 3 heterocycles. The predicted octanol–water partition coefficient (Wildman–Crippen LogP) is 3.16. The van der Waals surface area contributed by atoms with Crippen molar-refractivity contribution in [1.82, 2.24) is 14.8 Å². The molecular weight excluding hydrogens is 378 g/mol. The number of ether oxygens (including phenoxy) is 1. The molecule has 0 bridgehead atoms. The lowest BCUT2D eigenvalue weighted by atomic mass is 9.86. The topological polar surface area (TPSA) is 65.6 Å². The molecule has 2 aliphatic rings. The molecule has 2 fully saturated rings. The minimum absolute atomic E-state index is 0.0201. The molecule has 0 unspecified atom stereocenters. The van der Waals surface area contributed by atoms with E-state index in [9.17, 15) is 9.59 Å². The zero-order chi connectivity index (χ0) is 20.7. The van der Waals surface area contributed by atoms with Crippen molar-refractivity contribution in [2.45, 2.75) is 6.92 Å². The van der Waals surface area contributed by atoms with Crippen molar-refractivity contribution in [2.75, 3.05) is 39.4 Å². The number of piperazine rings is 1. The van der Waals surface area contributed by atoms with Crippen LogP contribution in [0.25, 0.3) is 22.0 Å². The summed E-state index contributed by atoms with van der Waals surface area (Å²) in [6.45, 7) is 5.22. The lowest BCUT2D eigenvalue weighted by Crippen LogP contribution is -2.58. The Bertz CT molecular complexity index is 1090. The summed E-state index contributed by atoms with van der Waals surface area (Å²) in [7, 11) is 0. The van der Waals surface area contributed by atoms with Crippen LogP contribution in [0.5, 0.6) is 0 Å². The molecule has 2 aliphatic heterocycles. The molecular formula is C24H25N3O3. The summed E-state index contributed by atoms with van der Waals surface area (Å²) in [5, 5.41) is 1.18. The van der Waals surface area contributed by atoms with Crippen LogP contribution in [0.15, 0.2) is 54.7 Å². The van der Waals surface area contributed by atoms with Gasteiger partial charge in [0, 0.05) is 43.5 Å². The van der Waals surface area contributed by atoms with Gasteiger partial charge >= 0.3 is 0 Å². The molecule has 0 spiro atoms. The number of aromatic amines is 1. The smallest absolute Gasteiger partial charge is 0.253 e. The van der Waals surface area contributed by atoms with E-state index in [-0.39, 0.29) is 17.2 Å². The highest BCUT2D eigenvalue weighted by molar-refractivity contribution is 5.95. The molecule has 154 valence electrons. The number of hydrogen-bond donors (Lipinski definition) is 1. The number of amides is 2. The number of nitrogens with zero attached hydrogens (tertiary/aromatic N) is 2. The van der Waals surface area contributed by atoms with Crippen LogP contribution in [-0.2, 0) is 9.53 Å². The number of carbonyl (C=O) groups excluding carboxylic acids is 2. The Morgan fingerprint density at radius 1 is 0.900 bits per heavy atom. The van der Waals surface area contributed by atoms with Crippen molar-refractivity contribution in [2.24, 2.45) is 5.41 Å². The van der Waals surface area contributed by atoms with E-state index >= 15 is 0 Å². The molecule has 6 nitrogen and oxygen atoms in total. The molecule has 30 heavy (non-hydrogen) atoms. The van der Waals surface area contributed by atoms with Crippen LogP contribution in [0.3, 0.4) is 0 Å². The van der Waals surface area contributed by atoms with Crippen molar-refractivity contribution in [3.05, 3.63) is 60.3 Å². The first kappa shape index (κ1) is 18.9. The summed E-state index contributed by atoms with van der Waals surface area (Å²) >= 11 is 0. The van der Waals surface area contributed by atoms with Gasteiger partial charge in [0.2, 0.25) is 5.91 Å². The van der Waals surface area contributed by atoms with E-state index in [0.29, 0.717) is 45.0 Å². The summed E-state index contributed by atoms with van der Waals surface area (Å²) in [6.07, 6.45) is 1.93. The van der Waals surface area contributed by atoms with E-state index in [1.54, 1.807) is 0 Å². The largest absolute Gasteiger partial charge is 0.379 e. The molecule has 5 rings (SSSR count). The molecule has 0 radical (unpaired) electrons. The van der Waals surface area contributed by atoms with E-state index in [0.717, 1.165) is 16.6 Å².